The predicted molar refractivity (Wildman–Crippen MR) is 57.5 cm³/mol. The van der Waals surface area contributed by atoms with Crippen LogP contribution in [0.5, 0.6) is 0 Å². The standard InChI is InChI=1S/C11H21NO3/c1-10(2,9(13)15-4)7-12-6-5-11(3,14)8-12/h14H,5-8H2,1-4H3. The average molecular weight is 215 g/mol. The summed E-state index contributed by atoms with van der Waals surface area (Å²) in [5.74, 6) is -0.200. The van der Waals surface area contributed by atoms with Crippen molar-refractivity contribution in [1.29, 1.82) is 0 Å². The number of hydrogen-bond acceptors (Lipinski definition) is 4. The summed E-state index contributed by atoms with van der Waals surface area (Å²) in [5, 5.41) is 9.80. The van der Waals surface area contributed by atoms with Crippen LogP contribution in [0.4, 0.5) is 0 Å². The van der Waals surface area contributed by atoms with E-state index in [0.29, 0.717) is 13.1 Å². The Kier molecular flexibility index (Phi) is 3.41. The first kappa shape index (κ1) is 12.5. The van der Waals surface area contributed by atoms with E-state index in [9.17, 15) is 9.90 Å². The lowest BCUT2D eigenvalue weighted by atomic mass is 9.93. The second kappa shape index (κ2) is 4.10. The lowest BCUT2D eigenvalue weighted by Crippen LogP contribution is -2.40. The van der Waals surface area contributed by atoms with E-state index in [2.05, 4.69) is 4.90 Å². The average Bonchev–Trinajstić information content (AvgIpc) is 2.43. The summed E-state index contributed by atoms with van der Waals surface area (Å²) in [6.45, 7) is 7.67. The highest BCUT2D eigenvalue weighted by Crippen LogP contribution is 2.25. The van der Waals surface area contributed by atoms with Crippen molar-refractivity contribution in [1.82, 2.24) is 4.90 Å². The van der Waals surface area contributed by atoms with Gasteiger partial charge in [-0.3, -0.25) is 9.69 Å². The van der Waals surface area contributed by atoms with Crippen LogP contribution < -0.4 is 0 Å². The minimum atomic E-state index is -0.605. The van der Waals surface area contributed by atoms with Crippen molar-refractivity contribution in [3.63, 3.8) is 0 Å². The number of likely N-dealkylation sites (tertiary alicyclic amines) is 1. The minimum absolute atomic E-state index is 0.200. The van der Waals surface area contributed by atoms with Crippen LogP contribution in [0.15, 0.2) is 0 Å². The number of aliphatic hydroxyl groups is 1. The largest absolute Gasteiger partial charge is 0.469 e. The Hall–Kier alpha value is -0.610. The molecule has 1 heterocycles. The molecule has 1 aliphatic rings. The summed E-state index contributed by atoms with van der Waals surface area (Å²) in [4.78, 5) is 13.6. The van der Waals surface area contributed by atoms with Gasteiger partial charge in [0.1, 0.15) is 0 Å². The first-order chi connectivity index (χ1) is 6.77. The maximum atomic E-state index is 11.5. The molecular formula is C11H21NO3. The van der Waals surface area contributed by atoms with E-state index in [1.54, 1.807) is 0 Å². The van der Waals surface area contributed by atoms with Crippen LogP contribution in [0.3, 0.4) is 0 Å². The van der Waals surface area contributed by atoms with E-state index in [4.69, 9.17) is 4.74 Å². The van der Waals surface area contributed by atoms with Crippen molar-refractivity contribution in [3.8, 4) is 0 Å². The third kappa shape index (κ3) is 3.18. The van der Waals surface area contributed by atoms with Gasteiger partial charge in [-0.15, -0.1) is 0 Å². The lowest BCUT2D eigenvalue weighted by Gasteiger charge is -2.28. The van der Waals surface area contributed by atoms with Gasteiger partial charge >= 0.3 is 5.97 Å². The fourth-order valence-electron chi connectivity index (χ4n) is 2.07. The van der Waals surface area contributed by atoms with Crippen LogP contribution in [0.25, 0.3) is 0 Å². The van der Waals surface area contributed by atoms with E-state index >= 15 is 0 Å². The van der Waals surface area contributed by atoms with Gasteiger partial charge in [-0.05, 0) is 27.2 Å². The number of methoxy groups -OCH3 is 1. The van der Waals surface area contributed by atoms with Crippen molar-refractivity contribution in [2.24, 2.45) is 5.41 Å². The second-order valence-electron chi connectivity index (χ2n) is 5.33. The lowest BCUT2D eigenvalue weighted by molar-refractivity contribution is -0.151. The van der Waals surface area contributed by atoms with Crippen molar-refractivity contribution < 1.29 is 14.6 Å². The number of carbonyl (C=O) groups is 1. The zero-order chi connectivity index (χ0) is 11.7. The Morgan fingerprint density at radius 1 is 1.60 bits per heavy atom. The summed E-state index contributed by atoms with van der Waals surface area (Å²) in [6, 6.07) is 0. The Balaban J connectivity index is 2.52. The maximum Gasteiger partial charge on any atom is 0.312 e. The number of carbonyl (C=O) groups excluding carboxylic acids is 1. The molecule has 1 N–H and O–H groups in total. The molecule has 1 aliphatic heterocycles. The molecule has 0 amide bonds. The van der Waals surface area contributed by atoms with Gasteiger partial charge in [-0.2, -0.15) is 0 Å². The molecule has 0 aromatic heterocycles. The molecule has 0 radical (unpaired) electrons. The molecule has 0 aromatic rings. The van der Waals surface area contributed by atoms with Gasteiger partial charge in [-0.25, -0.2) is 0 Å². The molecule has 1 saturated heterocycles. The predicted octanol–water partition coefficient (Wildman–Crippen LogP) is 0.642. The molecule has 0 aliphatic carbocycles. The van der Waals surface area contributed by atoms with E-state index in [1.807, 2.05) is 20.8 Å². The summed E-state index contributed by atoms with van der Waals surface area (Å²) in [5.41, 5.74) is -1.11. The zero-order valence-corrected chi connectivity index (χ0v) is 10.0. The molecule has 1 unspecified atom stereocenters. The van der Waals surface area contributed by atoms with E-state index < -0.39 is 11.0 Å². The normalized spacial score (nSPS) is 28.1. The molecule has 4 nitrogen and oxygen atoms in total. The van der Waals surface area contributed by atoms with E-state index in [-0.39, 0.29) is 5.97 Å². The van der Waals surface area contributed by atoms with Gasteiger partial charge < -0.3 is 9.84 Å². The topological polar surface area (TPSA) is 49.8 Å². The maximum absolute atomic E-state index is 11.5. The van der Waals surface area contributed by atoms with Crippen molar-refractivity contribution >= 4 is 5.97 Å². The highest BCUT2D eigenvalue weighted by Gasteiger charge is 2.37. The summed E-state index contributed by atoms with van der Waals surface area (Å²) in [7, 11) is 1.41. The first-order valence-corrected chi connectivity index (χ1v) is 5.30. The van der Waals surface area contributed by atoms with E-state index in [1.165, 1.54) is 7.11 Å². The highest BCUT2D eigenvalue weighted by molar-refractivity contribution is 5.76. The summed E-state index contributed by atoms with van der Waals surface area (Å²) < 4.78 is 4.75. The van der Waals surface area contributed by atoms with Crippen molar-refractivity contribution in [2.45, 2.75) is 32.8 Å². The third-order valence-corrected chi connectivity index (χ3v) is 2.89. The van der Waals surface area contributed by atoms with Crippen LogP contribution >= 0.6 is 0 Å². The molecule has 1 atom stereocenters. The second-order valence-corrected chi connectivity index (χ2v) is 5.33. The molecule has 88 valence electrons. The molecular weight excluding hydrogens is 194 g/mol. The van der Waals surface area contributed by atoms with Gasteiger partial charge in [0.15, 0.2) is 0 Å². The zero-order valence-electron chi connectivity index (χ0n) is 10.0. The SMILES string of the molecule is COC(=O)C(C)(C)CN1CCC(C)(O)C1. The Labute approximate surface area is 91.2 Å². The molecule has 1 fully saturated rings. The number of hydrogen-bond donors (Lipinski definition) is 1. The van der Waals surface area contributed by atoms with Crippen molar-refractivity contribution in [3.05, 3.63) is 0 Å². The third-order valence-electron chi connectivity index (χ3n) is 2.89. The Morgan fingerprint density at radius 3 is 2.60 bits per heavy atom. The fraction of sp³-hybridized carbons (Fsp3) is 0.909. The van der Waals surface area contributed by atoms with Gasteiger partial charge in [0.2, 0.25) is 0 Å². The number of β-amino-alcohol motifs (C(OH)–C–C–N with tert-alkyl or cyclic N) is 1. The van der Waals surface area contributed by atoms with Gasteiger partial charge in [0.25, 0.3) is 0 Å². The van der Waals surface area contributed by atoms with Crippen LogP contribution in [-0.4, -0.2) is 48.3 Å². The molecule has 15 heavy (non-hydrogen) atoms. The number of nitrogens with zero attached hydrogens (tertiary/aromatic N) is 1. The van der Waals surface area contributed by atoms with Gasteiger partial charge in [-0.1, -0.05) is 0 Å². The molecule has 1 rings (SSSR count). The molecule has 0 aromatic carbocycles. The summed E-state index contributed by atoms with van der Waals surface area (Å²) >= 11 is 0. The van der Waals surface area contributed by atoms with Gasteiger partial charge in [0.05, 0.1) is 18.1 Å². The van der Waals surface area contributed by atoms with E-state index in [0.717, 1.165) is 13.0 Å². The Bertz CT molecular complexity index is 248. The number of ether oxygens (including phenoxy) is 1. The van der Waals surface area contributed by atoms with Crippen LogP contribution in [-0.2, 0) is 9.53 Å². The quantitative estimate of drug-likeness (QED) is 0.702. The smallest absolute Gasteiger partial charge is 0.312 e. The fourth-order valence-corrected chi connectivity index (χ4v) is 2.07. The number of rotatable bonds is 3. The monoisotopic (exact) mass is 215 g/mol. The molecule has 0 spiro atoms. The van der Waals surface area contributed by atoms with Gasteiger partial charge in [0, 0.05) is 19.6 Å². The molecule has 0 bridgehead atoms. The molecule has 4 heteroatoms. The van der Waals surface area contributed by atoms with Crippen molar-refractivity contribution in [2.75, 3.05) is 26.7 Å². The minimum Gasteiger partial charge on any atom is -0.469 e. The summed E-state index contributed by atoms with van der Waals surface area (Å²) in [6.07, 6.45) is 0.768. The highest BCUT2D eigenvalue weighted by atomic mass is 16.5. The van der Waals surface area contributed by atoms with Crippen LogP contribution in [0.2, 0.25) is 0 Å². The molecule has 0 saturated carbocycles. The Morgan fingerprint density at radius 2 is 2.20 bits per heavy atom. The first-order valence-electron chi connectivity index (χ1n) is 5.30. The van der Waals surface area contributed by atoms with Crippen LogP contribution in [0, 0.1) is 5.41 Å². The number of esters is 1. The van der Waals surface area contributed by atoms with Crippen LogP contribution in [0.1, 0.15) is 27.2 Å².